The Kier molecular flexibility index (Phi) is 3.85. The van der Waals surface area contributed by atoms with E-state index in [0.717, 1.165) is 11.6 Å². The second kappa shape index (κ2) is 5.56. The van der Waals surface area contributed by atoms with E-state index in [4.69, 9.17) is 16.0 Å². The van der Waals surface area contributed by atoms with Gasteiger partial charge in [0.1, 0.15) is 11.5 Å². The highest BCUT2D eigenvalue weighted by molar-refractivity contribution is 6.30. The fourth-order valence-electron chi connectivity index (χ4n) is 1.50. The summed E-state index contributed by atoms with van der Waals surface area (Å²) in [4.78, 5) is 11.0. The Labute approximate surface area is 109 Å². The summed E-state index contributed by atoms with van der Waals surface area (Å²) in [5.74, 6) is 0.339. The van der Waals surface area contributed by atoms with Crippen LogP contribution < -0.4 is 5.63 Å². The van der Waals surface area contributed by atoms with Crippen molar-refractivity contribution >= 4 is 17.7 Å². The van der Waals surface area contributed by atoms with E-state index in [1.54, 1.807) is 12.1 Å². The van der Waals surface area contributed by atoms with Gasteiger partial charge in [0, 0.05) is 17.5 Å². The van der Waals surface area contributed by atoms with E-state index < -0.39 is 5.63 Å². The molecule has 1 aromatic carbocycles. The van der Waals surface area contributed by atoms with Crippen LogP contribution in [0.1, 0.15) is 11.3 Å². The zero-order valence-electron chi connectivity index (χ0n) is 9.47. The Morgan fingerprint density at radius 3 is 2.61 bits per heavy atom. The largest absolute Gasteiger partial charge is 0.508 e. The molecule has 0 spiro atoms. The average Bonchev–Trinajstić information content (AvgIpc) is 2.30. The van der Waals surface area contributed by atoms with Crippen molar-refractivity contribution in [3.05, 3.63) is 69.2 Å². The molecule has 0 saturated heterocycles. The molecule has 0 fully saturated rings. The van der Waals surface area contributed by atoms with Gasteiger partial charge in [0.15, 0.2) is 0 Å². The summed E-state index contributed by atoms with van der Waals surface area (Å²) in [6.07, 6.45) is 4.17. The van der Waals surface area contributed by atoms with Gasteiger partial charge in [0.25, 0.3) is 0 Å². The van der Waals surface area contributed by atoms with Gasteiger partial charge in [0.2, 0.25) is 0 Å². The lowest BCUT2D eigenvalue weighted by molar-refractivity contribution is 0.429. The molecule has 4 heteroatoms. The number of hydrogen-bond donors (Lipinski definition) is 1. The maximum Gasteiger partial charge on any atom is 0.339 e. The number of allylic oxidation sites excluding steroid dienone is 1. The molecule has 0 radical (unpaired) electrons. The zero-order valence-corrected chi connectivity index (χ0v) is 10.2. The standard InChI is InChI=1S/C14H11ClO3/c15-11-6-4-10(5-7-11)2-1-3-13-8-12(16)9-14(17)18-13/h1-2,4-9,16H,3H2/b2-1+. The minimum absolute atomic E-state index is 0.0823. The van der Waals surface area contributed by atoms with Crippen molar-refractivity contribution in [1.82, 2.24) is 0 Å². The molecule has 2 rings (SSSR count). The average molecular weight is 263 g/mol. The highest BCUT2D eigenvalue weighted by Gasteiger charge is 1.98. The van der Waals surface area contributed by atoms with Crippen LogP contribution in [0, 0.1) is 0 Å². The number of halogens is 1. The van der Waals surface area contributed by atoms with Gasteiger partial charge in [-0.15, -0.1) is 0 Å². The lowest BCUT2D eigenvalue weighted by Crippen LogP contribution is -1.97. The van der Waals surface area contributed by atoms with Crippen LogP contribution in [0.4, 0.5) is 0 Å². The van der Waals surface area contributed by atoms with E-state index in [2.05, 4.69) is 0 Å². The van der Waals surface area contributed by atoms with E-state index in [1.165, 1.54) is 6.07 Å². The fraction of sp³-hybridized carbons (Fsp3) is 0.0714. The van der Waals surface area contributed by atoms with Gasteiger partial charge in [0.05, 0.1) is 6.07 Å². The monoisotopic (exact) mass is 262 g/mol. The second-order valence-corrected chi connectivity index (χ2v) is 4.20. The zero-order chi connectivity index (χ0) is 13.0. The molecule has 1 heterocycles. The summed E-state index contributed by atoms with van der Waals surface area (Å²) < 4.78 is 4.93. The number of aromatic hydroxyl groups is 1. The van der Waals surface area contributed by atoms with Crippen molar-refractivity contribution in [2.45, 2.75) is 6.42 Å². The maximum absolute atomic E-state index is 11.0. The molecule has 1 aromatic heterocycles. The topological polar surface area (TPSA) is 50.4 Å². The third-order valence-corrected chi connectivity index (χ3v) is 2.56. The molecule has 0 unspecified atom stereocenters. The van der Waals surface area contributed by atoms with Gasteiger partial charge in [-0.3, -0.25) is 0 Å². The van der Waals surface area contributed by atoms with Gasteiger partial charge in [-0.2, -0.15) is 0 Å². The van der Waals surface area contributed by atoms with Crippen molar-refractivity contribution in [3.63, 3.8) is 0 Å². The number of rotatable bonds is 3. The van der Waals surface area contributed by atoms with Crippen molar-refractivity contribution in [3.8, 4) is 5.75 Å². The molecular formula is C14H11ClO3. The van der Waals surface area contributed by atoms with Gasteiger partial charge < -0.3 is 9.52 Å². The van der Waals surface area contributed by atoms with Crippen LogP contribution in [0.15, 0.2) is 51.7 Å². The Morgan fingerprint density at radius 1 is 1.22 bits per heavy atom. The molecule has 0 atom stereocenters. The molecule has 0 aliphatic carbocycles. The predicted molar refractivity (Wildman–Crippen MR) is 70.8 cm³/mol. The van der Waals surface area contributed by atoms with E-state index >= 15 is 0 Å². The van der Waals surface area contributed by atoms with E-state index in [-0.39, 0.29) is 5.75 Å². The summed E-state index contributed by atoms with van der Waals surface area (Å²) in [6.45, 7) is 0. The summed E-state index contributed by atoms with van der Waals surface area (Å²) in [5, 5.41) is 9.93. The van der Waals surface area contributed by atoms with Crippen LogP contribution in [0.3, 0.4) is 0 Å². The van der Waals surface area contributed by atoms with Crippen LogP contribution in [0.2, 0.25) is 5.02 Å². The van der Waals surface area contributed by atoms with Gasteiger partial charge in [-0.05, 0) is 17.7 Å². The van der Waals surface area contributed by atoms with Crippen LogP contribution in [0.25, 0.3) is 6.08 Å². The normalized spacial score (nSPS) is 10.9. The molecule has 2 aromatic rings. The fourth-order valence-corrected chi connectivity index (χ4v) is 1.63. The minimum Gasteiger partial charge on any atom is -0.508 e. The summed E-state index contributed by atoms with van der Waals surface area (Å²) in [5.41, 5.74) is 0.451. The molecular weight excluding hydrogens is 252 g/mol. The number of hydrogen-bond acceptors (Lipinski definition) is 3. The highest BCUT2D eigenvalue weighted by Crippen LogP contribution is 2.12. The molecule has 92 valence electrons. The molecule has 0 aliphatic rings. The van der Waals surface area contributed by atoms with Gasteiger partial charge in [-0.25, -0.2) is 4.79 Å². The van der Waals surface area contributed by atoms with Crippen LogP contribution in [-0.4, -0.2) is 5.11 Å². The first-order chi connectivity index (χ1) is 8.63. The van der Waals surface area contributed by atoms with E-state index in [1.807, 2.05) is 24.3 Å². The lowest BCUT2D eigenvalue weighted by atomic mass is 10.2. The van der Waals surface area contributed by atoms with Crippen molar-refractivity contribution < 1.29 is 9.52 Å². The summed E-state index contributed by atoms with van der Waals surface area (Å²) in [7, 11) is 0. The first kappa shape index (κ1) is 12.5. The molecule has 0 amide bonds. The van der Waals surface area contributed by atoms with Crippen LogP contribution in [0.5, 0.6) is 5.75 Å². The third-order valence-electron chi connectivity index (χ3n) is 2.31. The van der Waals surface area contributed by atoms with Gasteiger partial charge >= 0.3 is 5.63 Å². The minimum atomic E-state index is -0.551. The molecule has 3 nitrogen and oxygen atoms in total. The first-order valence-electron chi connectivity index (χ1n) is 5.38. The van der Waals surface area contributed by atoms with Crippen molar-refractivity contribution in [2.75, 3.05) is 0 Å². The quantitative estimate of drug-likeness (QED) is 0.924. The van der Waals surface area contributed by atoms with Gasteiger partial charge in [-0.1, -0.05) is 35.9 Å². The maximum atomic E-state index is 11.0. The molecule has 1 N–H and O–H groups in total. The predicted octanol–water partition coefficient (Wildman–Crippen LogP) is 3.25. The summed E-state index contributed by atoms with van der Waals surface area (Å²) in [6, 6.07) is 9.83. The molecule has 0 bridgehead atoms. The first-order valence-corrected chi connectivity index (χ1v) is 5.76. The van der Waals surface area contributed by atoms with Crippen LogP contribution in [-0.2, 0) is 6.42 Å². The number of benzene rings is 1. The molecule has 0 saturated carbocycles. The van der Waals surface area contributed by atoms with Crippen LogP contribution >= 0.6 is 11.6 Å². The summed E-state index contributed by atoms with van der Waals surface area (Å²) >= 11 is 5.77. The lowest BCUT2D eigenvalue weighted by Gasteiger charge is -1.96. The Bertz CT molecular complexity index is 612. The Morgan fingerprint density at radius 2 is 1.94 bits per heavy atom. The van der Waals surface area contributed by atoms with E-state index in [9.17, 15) is 9.90 Å². The smallest absolute Gasteiger partial charge is 0.339 e. The molecule has 18 heavy (non-hydrogen) atoms. The second-order valence-electron chi connectivity index (χ2n) is 3.76. The Hall–Kier alpha value is -2.00. The van der Waals surface area contributed by atoms with Crippen molar-refractivity contribution in [2.24, 2.45) is 0 Å². The third kappa shape index (κ3) is 3.50. The Balaban J connectivity index is 2.07. The van der Waals surface area contributed by atoms with E-state index in [0.29, 0.717) is 17.2 Å². The highest BCUT2D eigenvalue weighted by atomic mass is 35.5. The SMILES string of the molecule is O=c1cc(O)cc(C/C=C/c2ccc(Cl)cc2)o1. The van der Waals surface area contributed by atoms with Crippen molar-refractivity contribution in [1.29, 1.82) is 0 Å². The molecule has 0 aliphatic heterocycles.